The van der Waals surface area contributed by atoms with E-state index in [1.54, 1.807) is 19.9 Å². The first-order chi connectivity index (χ1) is 14.1. The van der Waals surface area contributed by atoms with Crippen molar-refractivity contribution in [2.75, 3.05) is 6.61 Å². The molecular weight excluding hydrogens is 400 g/mol. The molecule has 3 heterocycles. The van der Waals surface area contributed by atoms with Gasteiger partial charge in [-0.2, -0.15) is 0 Å². The Kier molecular flexibility index (Phi) is 5.25. The average molecular weight is 424 g/mol. The Morgan fingerprint density at radius 1 is 1.17 bits per heavy atom. The first-order valence-corrected chi connectivity index (χ1v) is 9.56. The van der Waals surface area contributed by atoms with Crippen LogP contribution in [0.5, 0.6) is 11.5 Å². The predicted octanol–water partition coefficient (Wildman–Crippen LogP) is -0.603. The monoisotopic (exact) mass is 424 g/mol. The molecule has 6 unspecified atom stereocenters. The van der Waals surface area contributed by atoms with Gasteiger partial charge >= 0.3 is 5.63 Å². The molecule has 0 radical (unpaired) electrons. The molecule has 0 aliphatic carbocycles. The molecule has 0 amide bonds. The average Bonchev–Trinajstić information content (AvgIpc) is 2.70. The molecule has 1 aromatic carbocycles. The zero-order valence-corrected chi connectivity index (χ0v) is 16.4. The molecule has 2 aliphatic rings. The second-order valence-corrected chi connectivity index (χ2v) is 8.12. The molecule has 0 saturated carbocycles. The number of aromatic hydroxyl groups is 1. The summed E-state index contributed by atoms with van der Waals surface area (Å²) in [6, 6.07) is 4.46. The van der Waals surface area contributed by atoms with Crippen molar-refractivity contribution in [1.29, 1.82) is 0 Å². The third kappa shape index (κ3) is 3.45. The topological polar surface area (TPSA) is 159 Å². The summed E-state index contributed by atoms with van der Waals surface area (Å²) in [6.45, 7) is 2.84. The maximum Gasteiger partial charge on any atom is 0.336 e. The van der Waals surface area contributed by atoms with Crippen LogP contribution in [0.25, 0.3) is 11.0 Å². The number of benzene rings is 1. The second-order valence-electron chi connectivity index (χ2n) is 8.12. The van der Waals surface area contributed by atoms with Gasteiger partial charge in [0.05, 0.1) is 6.61 Å². The van der Waals surface area contributed by atoms with Crippen LogP contribution in [0, 0.1) is 0 Å². The van der Waals surface area contributed by atoms with E-state index in [0.717, 1.165) is 0 Å². The lowest BCUT2D eigenvalue weighted by atomic mass is 9.89. The van der Waals surface area contributed by atoms with E-state index < -0.39 is 54.6 Å². The minimum absolute atomic E-state index is 0.0188. The van der Waals surface area contributed by atoms with Crippen molar-refractivity contribution in [1.82, 2.24) is 0 Å². The van der Waals surface area contributed by atoms with Gasteiger partial charge in [-0.05, 0) is 26.0 Å². The maximum atomic E-state index is 11.5. The Bertz CT molecular complexity index is 997. The van der Waals surface area contributed by atoms with Crippen LogP contribution in [0.4, 0.5) is 0 Å². The minimum Gasteiger partial charge on any atom is -0.502 e. The number of aliphatic hydroxyl groups is 4. The van der Waals surface area contributed by atoms with Crippen LogP contribution in [0.15, 0.2) is 27.4 Å². The van der Waals surface area contributed by atoms with E-state index in [-0.39, 0.29) is 23.5 Å². The van der Waals surface area contributed by atoms with Crippen LogP contribution in [-0.4, -0.2) is 74.6 Å². The summed E-state index contributed by atoms with van der Waals surface area (Å²) < 4.78 is 22.4. The van der Waals surface area contributed by atoms with E-state index in [4.69, 9.17) is 18.6 Å². The molecule has 30 heavy (non-hydrogen) atoms. The van der Waals surface area contributed by atoms with E-state index in [2.05, 4.69) is 0 Å². The normalized spacial score (nSPS) is 33.1. The van der Waals surface area contributed by atoms with Crippen molar-refractivity contribution in [3.63, 3.8) is 0 Å². The number of phenolic OH excluding ortho intramolecular Hbond substituents is 1. The quantitative estimate of drug-likeness (QED) is 0.403. The summed E-state index contributed by atoms with van der Waals surface area (Å²) in [5.41, 5.74) is -1.00. The molecule has 5 N–H and O–H groups in total. The molecule has 4 rings (SSSR count). The smallest absolute Gasteiger partial charge is 0.336 e. The van der Waals surface area contributed by atoms with Crippen molar-refractivity contribution < 1.29 is 44.2 Å². The number of hydrogen-bond donors (Lipinski definition) is 5. The Balaban J connectivity index is 1.65. The van der Waals surface area contributed by atoms with Gasteiger partial charge in [-0.1, -0.05) is 0 Å². The van der Waals surface area contributed by atoms with Gasteiger partial charge in [-0.15, -0.1) is 0 Å². The molecule has 6 atom stereocenters. The molecule has 0 spiro atoms. The van der Waals surface area contributed by atoms with Gasteiger partial charge in [0.1, 0.15) is 36.1 Å². The highest BCUT2D eigenvalue weighted by Crippen LogP contribution is 2.45. The predicted molar refractivity (Wildman–Crippen MR) is 101 cm³/mol. The fraction of sp³-hybridized carbons (Fsp3) is 0.550. The molecule has 2 aliphatic heterocycles. The van der Waals surface area contributed by atoms with Crippen LogP contribution >= 0.6 is 0 Å². The van der Waals surface area contributed by atoms with Crippen LogP contribution in [-0.2, 0) is 15.9 Å². The number of rotatable bonds is 3. The summed E-state index contributed by atoms with van der Waals surface area (Å²) >= 11 is 0. The summed E-state index contributed by atoms with van der Waals surface area (Å²) in [5.74, 6) is -0.130. The van der Waals surface area contributed by atoms with Crippen molar-refractivity contribution in [2.45, 2.75) is 62.7 Å². The first kappa shape index (κ1) is 21.0. The lowest BCUT2D eigenvalue weighted by molar-refractivity contribution is -0.321. The van der Waals surface area contributed by atoms with Gasteiger partial charge in [0.2, 0.25) is 5.75 Å². The molecule has 2 aromatic rings. The highest BCUT2D eigenvalue weighted by atomic mass is 16.7. The highest BCUT2D eigenvalue weighted by molar-refractivity contribution is 5.86. The van der Waals surface area contributed by atoms with E-state index in [1.807, 2.05) is 0 Å². The third-order valence-electron chi connectivity index (χ3n) is 5.61. The third-order valence-corrected chi connectivity index (χ3v) is 5.61. The Morgan fingerprint density at radius 2 is 1.90 bits per heavy atom. The van der Waals surface area contributed by atoms with Crippen LogP contribution in [0.1, 0.15) is 19.4 Å². The molecule has 1 fully saturated rings. The molecule has 0 bridgehead atoms. The zero-order valence-electron chi connectivity index (χ0n) is 16.4. The van der Waals surface area contributed by atoms with Gasteiger partial charge in [0.25, 0.3) is 0 Å². The van der Waals surface area contributed by atoms with Gasteiger partial charge in [0, 0.05) is 23.4 Å². The van der Waals surface area contributed by atoms with Gasteiger partial charge in [-0.3, -0.25) is 0 Å². The van der Waals surface area contributed by atoms with Crippen molar-refractivity contribution in [3.8, 4) is 11.5 Å². The molecule has 10 nitrogen and oxygen atoms in total. The van der Waals surface area contributed by atoms with Crippen LogP contribution < -0.4 is 10.4 Å². The molecule has 10 heteroatoms. The fourth-order valence-corrected chi connectivity index (χ4v) is 3.83. The lowest BCUT2D eigenvalue weighted by Gasteiger charge is -2.45. The number of fused-ring (bicyclic) bond motifs is 2. The first-order valence-electron chi connectivity index (χ1n) is 9.56. The summed E-state index contributed by atoms with van der Waals surface area (Å²) in [4.78, 5) is 11.5. The van der Waals surface area contributed by atoms with Crippen LogP contribution in [0.2, 0.25) is 0 Å². The van der Waals surface area contributed by atoms with E-state index in [1.165, 1.54) is 12.1 Å². The van der Waals surface area contributed by atoms with Gasteiger partial charge in [-0.25, -0.2) is 4.79 Å². The SMILES string of the molecule is CC1(C)Oc2c(cc3ccc(=O)oc3c2O)CC1OC1OC(CO)C(O)C(O)C1O. The number of aliphatic hydroxyl groups excluding tert-OH is 4. The Morgan fingerprint density at radius 3 is 2.60 bits per heavy atom. The van der Waals surface area contributed by atoms with Crippen LogP contribution in [0.3, 0.4) is 0 Å². The van der Waals surface area contributed by atoms with E-state index in [9.17, 15) is 30.3 Å². The largest absolute Gasteiger partial charge is 0.502 e. The van der Waals surface area contributed by atoms with Gasteiger partial charge < -0.3 is 44.2 Å². The Hall–Kier alpha value is -2.21. The Labute approximate surface area is 170 Å². The standard InChI is InChI=1S/C20H24O10/c1-20(2)11(28-19-15(25)14(24)13(23)10(7-21)27-19)6-9-5-8-3-4-12(22)29-17(8)16(26)18(9)30-20/h3-5,10-11,13-15,19,21,23-26H,6-7H2,1-2H3. The second kappa shape index (κ2) is 7.49. The number of ether oxygens (including phenoxy) is 3. The number of phenols is 1. The van der Waals surface area contributed by atoms with Crippen molar-refractivity contribution >= 4 is 11.0 Å². The minimum atomic E-state index is -1.56. The summed E-state index contributed by atoms with van der Waals surface area (Å²) in [7, 11) is 0. The highest BCUT2D eigenvalue weighted by Gasteiger charge is 2.48. The van der Waals surface area contributed by atoms with Crippen molar-refractivity contribution in [3.05, 3.63) is 34.2 Å². The van der Waals surface area contributed by atoms with Gasteiger partial charge in [0.15, 0.2) is 17.6 Å². The summed E-state index contributed by atoms with van der Waals surface area (Å²) in [5, 5.41) is 50.6. The maximum absolute atomic E-state index is 11.5. The van der Waals surface area contributed by atoms with E-state index >= 15 is 0 Å². The molecule has 164 valence electrons. The molecular formula is C20H24O10. The fourth-order valence-electron chi connectivity index (χ4n) is 3.83. The summed E-state index contributed by atoms with van der Waals surface area (Å²) in [6.07, 6.45) is -7.43. The zero-order chi connectivity index (χ0) is 21.8. The molecule has 1 saturated heterocycles. The molecule has 1 aromatic heterocycles. The van der Waals surface area contributed by atoms with Crippen molar-refractivity contribution in [2.24, 2.45) is 0 Å². The number of hydrogen-bond acceptors (Lipinski definition) is 10. The lowest BCUT2D eigenvalue weighted by Crippen LogP contribution is -2.61. The van der Waals surface area contributed by atoms with E-state index in [0.29, 0.717) is 10.9 Å².